The van der Waals surface area contributed by atoms with E-state index in [-0.39, 0.29) is 6.10 Å². The number of carboxylic acid groups (broad SMARTS) is 1. The fourth-order valence-corrected chi connectivity index (χ4v) is 2.78. The Morgan fingerprint density at radius 2 is 2.05 bits per heavy atom. The minimum absolute atomic E-state index is 0.181. The molecule has 0 saturated heterocycles. The Hall–Kier alpha value is -1.77. The van der Waals surface area contributed by atoms with Gasteiger partial charge in [-0.1, -0.05) is 17.7 Å². The standard InChI is InChI=1S/C17H22O3/c1-12(2)20-16-8-6-14(7-9-16)15-5-3-4-13(10-15)11-17(18)19/h6-9,11-12,15H,3-5,10H2,1-2H3,(H,18,19). The minimum atomic E-state index is -0.832. The van der Waals surface area contributed by atoms with Gasteiger partial charge in [0.2, 0.25) is 0 Å². The van der Waals surface area contributed by atoms with Gasteiger partial charge in [-0.25, -0.2) is 4.79 Å². The third-order valence-electron chi connectivity index (χ3n) is 3.61. The van der Waals surface area contributed by atoms with Crippen LogP contribution in [-0.2, 0) is 4.79 Å². The number of carboxylic acids is 1. The molecule has 1 aliphatic carbocycles. The lowest BCUT2D eigenvalue weighted by atomic mass is 9.81. The normalized spacial score (nSPS) is 21.1. The van der Waals surface area contributed by atoms with Crippen LogP contribution in [0.15, 0.2) is 35.9 Å². The summed E-state index contributed by atoms with van der Waals surface area (Å²) in [4.78, 5) is 10.8. The molecule has 0 aliphatic heterocycles. The molecule has 108 valence electrons. The molecule has 3 nitrogen and oxygen atoms in total. The van der Waals surface area contributed by atoms with Gasteiger partial charge in [0.1, 0.15) is 5.75 Å². The summed E-state index contributed by atoms with van der Waals surface area (Å²) in [6.45, 7) is 4.02. The predicted octanol–water partition coefficient (Wildman–Crippen LogP) is 4.14. The molecule has 1 N–H and O–H groups in total. The molecular formula is C17H22O3. The van der Waals surface area contributed by atoms with E-state index in [2.05, 4.69) is 12.1 Å². The molecule has 1 atom stereocenters. The topological polar surface area (TPSA) is 46.5 Å². The van der Waals surface area contributed by atoms with Crippen molar-refractivity contribution in [2.75, 3.05) is 0 Å². The molecule has 0 spiro atoms. The number of hydrogen-bond donors (Lipinski definition) is 1. The van der Waals surface area contributed by atoms with Gasteiger partial charge < -0.3 is 9.84 Å². The summed E-state index contributed by atoms with van der Waals surface area (Å²) in [5.74, 6) is 0.490. The van der Waals surface area contributed by atoms with Crippen molar-refractivity contribution in [3.05, 3.63) is 41.5 Å². The average molecular weight is 274 g/mol. The molecule has 0 heterocycles. The van der Waals surface area contributed by atoms with E-state index in [1.807, 2.05) is 26.0 Å². The van der Waals surface area contributed by atoms with Crippen molar-refractivity contribution in [3.63, 3.8) is 0 Å². The Kier molecular flexibility index (Phi) is 4.83. The number of rotatable bonds is 4. The first kappa shape index (κ1) is 14.6. The van der Waals surface area contributed by atoms with Gasteiger partial charge in [0.05, 0.1) is 6.10 Å². The van der Waals surface area contributed by atoms with Crippen LogP contribution >= 0.6 is 0 Å². The molecule has 0 amide bonds. The zero-order valence-corrected chi connectivity index (χ0v) is 12.1. The summed E-state index contributed by atoms with van der Waals surface area (Å²) in [5.41, 5.74) is 2.33. The Morgan fingerprint density at radius 3 is 2.65 bits per heavy atom. The summed E-state index contributed by atoms with van der Waals surface area (Å²) in [6, 6.07) is 8.22. The fraction of sp³-hybridized carbons (Fsp3) is 0.471. The highest BCUT2D eigenvalue weighted by Crippen LogP contribution is 2.36. The molecule has 3 heteroatoms. The van der Waals surface area contributed by atoms with Crippen molar-refractivity contribution >= 4 is 5.97 Å². The molecule has 1 aromatic rings. The van der Waals surface area contributed by atoms with Gasteiger partial charge in [0, 0.05) is 6.08 Å². The van der Waals surface area contributed by atoms with E-state index in [1.54, 1.807) is 0 Å². The van der Waals surface area contributed by atoms with Crippen LogP contribution < -0.4 is 4.74 Å². The van der Waals surface area contributed by atoms with Crippen LogP contribution in [0.25, 0.3) is 0 Å². The maximum absolute atomic E-state index is 10.8. The van der Waals surface area contributed by atoms with E-state index >= 15 is 0 Å². The smallest absolute Gasteiger partial charge is 0.328 e. The Bertz CT molecular complexity index is 485. The molecular weight excluding hydrogens is 252 g/mol. The van der Waals surface area contributed by atoms with Gasteiger partial charge >= 0.3 is 5.97 Å². The molecule has 1 aliphatic rings. The average Bonchev–Trinajstić information content (AvgIpc) is 2.38. The van der Waals surface area contributed by atoms with Crippen LogP contribution in [-0.4, -0.2) is 17.2 Å². The van der Waals surface area contributed by atoms with Crippen molar-refractivity contribution in [2.24, 2.45) is 0 Å². The number of ether oxygens (including phenoxy) is 1. The molecule has 1 saturated carbocycles. The molecule has 0 radical (unpaired) electrons. The highest BCUT2D eigenvalue weighted by atomic mass is 16.5. The van der Waals surface area contributed by atoms with Crippen LogP contribution in [0, 0.1) is 0 Å². The van der Waals surface area contributed by atoms with Crippen molar-refractivity contribution in [1.29, 1.82) is 0 Å². The van der Waals surface area contributed by atoms with Gasteiger partial charge in [-0.05, 0) is 63.1 Å². The zero-order chi connectivity index (χ0) is 14.5. The van der Waals surface area contributed by atoms with Gasteiger partial charge in [-0.15, -0.1) is 0 Å². The Labute approximate surface area is 120 Å². The summed E-state index contributed by atoms with van der Waals surface area (Å²) in [6.07, 6.45) is 5.52. The summed E-state index contributed by atoms with van der Waals surface area (Å²) < 4.78 is 5.64. The summed E-state index contributed by atoms with van der Waals surface area (Å²) in [5, 5.41) is 8.85. The second kappa shape index (κ2) is 6.60. The highest BCUT2D eigenvalue weighted by Gasteiger charge is 2.19. The van der Waals surface area contributed by atoms with E-state index in [0.29, 0.717) is 5.92 Å². The zero-order valence-electron chi connectivity index (χ0n) is 12.1. The highest BCUT2D eigenvalue weighted by molar-refractivity contribution is 5.80. The van der Waals surface area contributed by atoms with Gasteiger partial charge in [-0.3, -0.25) is 0 Å². The monoisotopic (exact) mass is 274 g/mol. The van der Waals surface area contributed by atoms with Crippen molar-refractivity contribution in [2.45, 2.75) is 51.6 Å². The van der Waals surface area contributed by atoms with Gasteiger partial charge in [-0.2, -0.15) is 0 Å². The van der Waals surface area contributed by atoms with Crippen LogP contribution in [0.1, 0.15) is 51.0 Å². The number of carbonyl (C=O) groups is 1. The second-order valence-corrected chi connectivity index (χ2v) is 5.67. The van der Waals surface area contributed by atoms with E-state index in [4.69, 9.17) is 9.84 Å². The molecule has 2 rings (SSSR count). The number of allylic oxidation sites excluding steroid dienone is 1. The maximum atomic E-state index is 10.8. The van der Waals surface area contributed by atoms with E-state index < -0.39 is 5.97 Å². The SMILES string of the molecule is CC(C)Oc1ccc(C2CCCC(=CC(=O)O)C2)cc1. The third kappa shape index (κ3) is 4.12. The number of hydrogen-bond acceptors (Lipinski definition) is 2. The van der Waals surface area contributed by atoms with Crippen LogP contribution in [0.2, 0.25) is 0 Å². The van der Waals surface area contributed by atoms with Crippen LogP contribution in [0.4, 0.5) is 0 Å². The largest absolute Gasteiger partial charge is 0.491 e. The lowest BCUT2D eigenvalue weighted by molar-refractivity contribution is -0.131. The number of benzene rings is 1. The molecule has 0 aromatic heterocycles. The Morgan fingerprint density at radius 1 is 1.35 bits per heavy atom. The maximum Gasteiger partial charge on any atom is 0.328 e. The third-order valence-corrected chi connectivity index (χ3v) is 3.61. The van der Waals surface area contributed by atoms with Crippen molar-refractivity contribution in [1.82, 2.24) is 0 Å². The molecule has 1 fully saturated rings. The minimum Gasteiger partial charge on any atom is -0.491 e. The first-order valence-electron chi connectivity index (χ1n) is 7.23. The Balaban J connectivity index is 2.05. The van der Waals surface area contributed by atoms with Crippen molar-refractivity contribution < 1.29 is 14.6 Å². The summed E-state index contributed by atoms with van der Waals surface area (Å²) in [7, 11) is 0. The first-order valence-corrected chi connectivity index (χ1v) is 7.23. The molecule has 20 heavy (non-hydrogen) atoms. The quantitative estimate of drug-likeness (QED) is 0.839. The molecule has 1 aromatic carbocycles. The van der Waals surface area contributed by atoms with Gasteiger partial charge in [0.15, 0.2) is 0 Å². The van der Waals surface area contributed by atoms with Crippen LogP contribution in [0.5, 0.6) is 5.75 Å². The first-order chi connectivity index (χ1) is 9.54. The van der Waals surface area contributed by atoms with Gasteiger partial charge in [0.25, 0.3) is 0 Å². The van der Waals surface area contributed by atoms with E-state index in [1.165, 1.54) is 11.6 Å². The lowest BCUT2D eigenvalue weighted by Gasteiger charge is -2.24. The van der Waals surface area contributed by atoms with E-state index in [0.717, 1.165) is 37.0 Å². The summed E-state index contributed by atoms with van der Waals surface area (Å²) >= 11 is 0. The fourth-order valence-electron chi connectivity index (χ4n) is 2.78. The predicted molar refractivity (Wildman–Crippen MR) is 79.1 cm³/mol. The van der Waals surface area contributed by atoms with Crippen molar-refractivity contribution in [3.8, 4) is 5.75 Å². The lowest BCUT2D eigenvalue weighted by Crippen LogP contribution is -2.09. The van der Waals surface area contributed by atoms with Crippen LogP contribution in [0.3, 0.4) is 0 Å². The second-order valence-electron chi connectivity index (χ2n) is 5.67. The number of aliphatic carboxylic acids is 1. The molecule has 0 bridgehead atoms. The molecule has 1 unspecified atom stereocenters. The van der Waals surface area contributed by atoms with E-state index in [9.17, 15) is 4.79 Å².